The maximum atomic E-state index is 12.0. The van der Waals surface area contributed by atoms with Crippen molar-refractivity contribution in [2.45, 2.75) is 6.92 Å². The highest BCUT2D eigenvalue weighted by atomic mass is 16.5. The Morgan fingerprint density at radius 2 is 1.93 bits per heavy atom. The van der Waals surface area contributed by atoms with Gasteiger partial charge >= 0.3 is 5.97 Å². The molecule has 8 heteroatoms. The van der Waals surface area contributed by atoms with Crippen LogP contribution < -0.4 is 5.32 Å². The van der Waals surface area contributed by atoms with E-state index in [2.05, 4.69) is 15.3 Å². The van der Waals surface area contributed by atoms with Gasteiger partial charge in [0.1, 0.15) is 24.8 Å². The second-order valence-corrected chi connectivity index (χ2v) is 6.25. The quantitative estimate of drug-likeness (QED) is 0.337. The Labute approximate surface area is 166 Å². The number of esters is 1. The van der Waals surface area contributed by atoms with Gasteiger partial charge in [-0.1, -0.05) is 29.8 Å². The minimum atomic E-state index is -0.751. The van der Waals surface area contributed by atoms with Crippen molar-refractivity contribution >= 4 is 28.5 Å². The number of nitriles is 1. The van der Waals surface area contributed by atoms with Gasteiger partial charge in [0, 0.05) is 5.56 Å². The van der Waals surface area contributed by atoms with E-state index >= 15 is 0 Å². The van der Waals surface area contributed by atoms with Gasteiger partial charge in [-0.05, 0) is 31.2 Å². The molecule has 1 aromatic heterocycles. The van der Waals surface area contributed by atoms with E-state index in [4.69, 9.17) is 4.74 Å². The number of hydrogen-bond acceptors (Lipinski definition) is 6. The maximum Gasteiger partial charge on any atom is 0.325 e. The number of carbonyl (C=O) groups excluding carboxylic acids is 2. The predicted molar refractivity (Wildman–Crippen MR) is 106 cm³/mol. The van der Waals surface area contributed by atoms with E-state index in [1.807, 2.05) is 19.1 Å². The molecule has 0 aliphatic carbocycles. The Kier molecular flexibility index (Phi) is 5.90. The standard InChI is InChI=1S/C21H18N4O4/c1-13-6-8-14(9-7-13)21(28)23-11-19(27)29-12-18(26)15(10-22)20-24-16-4-2-3-5-17(16)25-20/h2-9,26H,11-12H2,1H3,(H,23,28)(H,24,25). The van der Waals surface area contributed by atoms with Crippen LogP contribution in [0.15, 0.2) is 54.3 Å². The number of nitrogens with one attached hydrogen (secondary N) is 2. The summed E-state index contributed by atoms with van der Waals surface area (Å²) in [7, 11) is 0. The van der Waals surface area contributed by atoms with Crippen molar-refractivity contribution in [3.8, 4) is 6.07 Å². The van der Waals surface area contributed by atoms with Crippen molar-refractivity contribution in [2.75, 3.05) is 13.2 Å². The molecule has 8 nitrogen and oxygen atoms in total. The van der Waals surface area contributed by atoms with Gasteiger partial charge < -0.3 is 20.1 Å². The molecule has 0 aliphatic rings. The van der Waals surface area contributed by atoms with E-state index in [-0.39, 0.29) is 17.9 Å². The average molecular weight is 390 g/mol. The lowest BCUT2D eigenvalue weighted by molar-refractivity contribution is -0.142. The number of H-pyrrole nitrogens is 1. The minimum absolute atomic E-state index is 0.127. The van der Waals surface area contributed by atoms with Crippen molar-refractivity contribution in [1.82, 2.24) is 15.3 Å². The van der Waals surface area contributed by atoms with Crippen LogP contribution in [0.2, 0.25) is 0 Å². The summed E-state index contributed by atoms with van der Waals surface area (Å²) >= 11 is 0. The summed E-state index contributed by atoms with van der Waals surface area (Å²) in [5.74, 6) is -1.43. The zero-order chi connectivity index (χ0) is 20.8. The van der Waals surface area contributed by atoms with E-state index in [9.17, 15) is 20.0 Å². The van der Waals surface area contributed by atoms with Gasteiger partial charge in [-0.3, -0.25) is 9.59 Å². The average Bonchev–Trinajstić information content (AvgIpc) is 3.15. The Morgan fingerprint density at radius 1 is 1.21 bits per heavy atom. The van der Waals surface area contributed by atoms with E-state index in [1.165, 1.54) is 0 Å². The number of aromatic amines is 1. The van der Waals surface area contributed by atoms with Crippen LogP contribution in [0.3, 0.4) is 0 Å². The van der Waals surface area contributed by atoms with Crippen LogP contribution in [0.1, 0.15) is 21.7 Å². The zero-order valence-electron chi connectivity index (χ0n) is 15.6. The van der Waals surface area contributed by atoms with E-state index in [0.717, 1.165) is 5.56 Å². The summed E-state index contributed by atoms with van der Waals surface area (Å²) in [5.41, 5.74) is 2.65. The lowest BCUT2D eigenvalue weighted by atomic mass is 10.1. The number of hydrogen-bond donors (Lipinski definition) is 3. The molecule has 1 heterocycles. The number of fused-ring (bicyclic) bond motifs is 1. The number of allylic oxidation sites excluding steroid dienone is 1. The topological polar surface area (TPSA) is 128 Å². The number of imidazole rings is 1. The van der Waals surface area contributed by atoms with Crippen LogP contribution in [0, 0.1) is 18.3 Å². The van der Waals surface area contributed by atoms with Gasteiger partial charge in [0.05, 0.1) is 11.0 Å². The summed E-state index contributed by atoms with van der Waals surface area (Å²) in [6.07, 6.45) is 0. The third-order valence-electron chi connectivity index (χ3n) is 4.10. The van der Waals surface area contributed by atoms with E-state index in [0.29, 0.717) is 16.6 Å². The summed E-state index contributed by atoms with van der Waals surface area (Å²) in [5, 5.41) is 21.9. The molecule has 0 unspecified atom stereocenters. The summed E-state index contributed by atoms with van der Waals surface area (Å²) in [6.45, 7) is 1.02. The molecule has 3 N–H and O–H groups in total. The smallest absolute Gasteiger partial charge is 0.325 e. The number of amides is 1. The summed E-state index contributed by atoms with van der Waals surface area (Å²) in [4.78, 5) is 31.0. The second kappa shape index (κ2) is 8.71. The highest BCUT2D eigenvalue weighted by molar-refractivity contribution is 5.96. The number of carbonyl (C=O) groups is 2. The molecule has 0 radical (unpaired) electrons. The molecule has 0 spiro atoms. The van der Waals surface area contributed by atoms with Gasteiger partial charge in [-0.25, -0.2) is 4.98 Å². The van der Waals surface area contributed by atoms with Gasteiger partial charge in [-0.15, -0.1) is 0 Å². The molecule has 0 fully saturated rings. The van der Waals surface area contributed by atoms with Gasteiger partial charge in [-0.2, -0.15) is 5.26 Å². The molecule has 29 heavy (non-hydrogen) atoms. The SMILES string of the molecule is Cc1ccc(C(=O)NCC(=O)OCC(O)=C(C#N)c2nc3ccccc3[nH]2)cc1. The first-order valence-corrected chi connectivity index (χ1v) is 8.75. The number of nitrogens with zero attached hydrogens (tertiary/aromatic N) is 2. The summed E-state index contributed by atoms with van der Waals surface area (Å²) < 4.78 is 4.93. The third kappa shape index (κ3) is 4.78. The molecule has 2 aromatic carbocycles. The fraction of sp³-hybridized carbons (Fsp3) is 0.143. The molecule has 1 amide bonds. The number of ether oxygens (including phenoxy) is 1. The normalized spacial score (nSPS) is 11.4. The van der Waals surface area contributed by atoms with Crippen molar-refractivity contribution in [2.24, 2.45) is 0 Å². The number of aromatic nitrogens is 2. The number of aryl methyl sites for hydroxylation is 1. The largest absolute Gasteiger partial charge is 0.507 e. The Hall–Kier alpha value is -4.12. The van der Waals surface area contributed by atoms with E-state index < -0.39 is 24.2 Å². The zero-order valence-corrected chi connectivity index (χ0v) is 15.6. The van der Waals surface area contributed by atoms with Gasteiger partial charge in [0.2, 0.25) is 0 Å². The van der Waals surface area contributed by atoms with Crippen LogP contribution in [-0.2, 0) is 9.53 Å². The van der Waals surface area contributed by atoms with Crippen LogP contribution in [0.5, 0.6) is 0 Å². The lowest BCUT2D eigenvalue weighted by Gasteiger charge is -2.07. The second-order valence-electron chi connectivity index (χ2n) is 6.25. The Balaban J connectivity index is 1.58. The monoisotopic (exact) mass is 390 g/mol. The molecular weight excluding hydrogens is 372 g/mol. The number of aliphatic hydroxyl groups excluding tert-OH is 1. The maximum absolute atomic E-state index is 12.0. The lowest BCUT2D eigenvalue weighted by Crippen LogP contribution is -2.31. The molecule has 3 aromatic rings. The fourth-order valence-corrected chi connectivity index (χ4v) is 2.56. The van der Waals surface area contributed by atoms with E-state index in [1.54, 1.807) is 42.5 Å². The Morgan fingerprint density at radius 3 is 2.62 bits per heavy atom. The van der Waals surface area contributed by atoms with Crippen LogP contribution >= 0.6 is 0 Å². The van der Waals surface area contributed by atoms with Gasteiger partial charge in [0.25, 0.3) is 5.91 Å². The predicted octanol–water partition coefficient (Wildman–Crippen LogP) is 2.64. The van der Waals surface area contributed by atoms with Crippen LogP contribution in [-0.4, -0.2) is 40.1 Å². The first-order valence-electron chi connectivity index (χ1n) is 8.75. The molecule has 0 aliphatic heterocycles. The van der Waals surface area contributed by atoms with Crippen molar-refractivity contribution in [1.29, 1.82) is 5.26 Å². The molecule has 0 atom stereocenters. The molecule has 0 saturated carbocycles. The molecular formula is C21H18N4O4. The fourth-order valence-electron chi connectivity index (χ4n) is 2.56. The van der Waals surface area contributed by atoms with Crippen molar-refractivity contribution in [3.63, 3.8) is 0 Å². The minimum Gasteiger partial charge on any atom is -0.507 e. The number of rotatable bonds is 6. The first kappa shape index (κ1) is 19.6. The number of aliphatic hydroxyl groups is 1. The number of para-hydroxylation sites is 2. The molecule has 0 saturated heterocycles. The first-order chi connectivity index (χ1) is 14.0. The van der Waals surface area contributed by atoms with Crippen LogP contribution in [0.4, 0.5) is 0 Å². The van der Waals surface area contributed by atoms with Crippen molar-refractivity contribution < 1.29 is 19.4 Å². The highest BCUT2D eigenvalue weighted by Gasteiger charge is 2.15. The molecule has 3 rings (SSSR count). The number of benzene rings is 2. The van der Waals surface area contributed by atoms with Crippen molar-refractivity contribution in [3.05, 3.63) is 71.2 Å². The van der Waals surface area contributed by atoms with Gasteiger partial charge in [0.15, 0.2) is 11.6 Å². The summed E-state index contributed by atoms with van der Waals surface area (Å²) in [6, 6.07) is 15.9. The third-order valence-corrected chi connectivity index (χ3v) is 4.10. The van der Waals surface area contributed by atoms with Crippen LogP contribution in [0.25, 0.3) is 16.6 Å². The molecule has 146 valence electrons. The Bertz CT molecular complexity index is 1090. The molecule has 0 bridgehead atoms. The highest BCUT2D eigenvalue weighted by Crippen LogP contribution is 2.18.